The van der Waals surface area contributed by atoms with E-state index >= 15 is 0 Å². The molecule has 10 heteroatoms. The molecule has 2 bridgehead atoms. The van der Waals surface area contributed by atoms with Crippen molar-refractivity contribution in [3.63, 3.8) is 0 Å². The van der Waals surface area contributed by atoms with Crippen LogP contribution in [0.4, 0.5) is 0 Å². The molecule has 1 aromatic carbocycles. The molecule has 2 aromatic rings. The number of nitrogens with zero attached hydrogens (tertiary/aromatic N) is 2. The van der Waals surface area contributed by atoms with Gasteiger partial charge in [-0.3, -0.25) is 0 Å². The van der Waals surface area contributed by atoms with Crippen molar-refractivity contribution in [3.05, 3.63) is 51.0 Å². The molecule has 1 heterocycles. The van der Waals surface area contributed by atoms with E-state index in [0.29, 0.717) is 0 Å². The molecule has 2 N–H and O–H groups in total. The molecule has 4 nitrogen and oxygen atoms in total. The largest absolute Gasteiger partial charge is 0.494 e. The van der Waals surface area contributed by atoms with Gasteiger partial charge in [0.2, 0.25) is 11.8 Å². The monoisotopic (exact) mass is 468 g/mol. The van der Waals surface area contributed by atoms with E-state index < -0.39 is 25.8 Å². The number of rotatable bonds is 1. The van der Waals surface area contributed by atoms with Crippen LogP contribution in [0.2, 0.25) is 0 Å². The van der Waals surface area contributed by atoms with E-state index in [1.165, 1.54) is 12.1 Å². The number of halogens is 6. The summed E-state index contributed by atoms with van der Waals surface area (Å²) in [5, 5.41) is 30.7. The first kappa shape index (κ1) is 18.4. The van der Waals surface area contributed by atoms with E-state index in [1.54, 1.807) is 12.1 Å². The second-order valence-electron chi connectivity index (χ2n) is 5.88. The summed E-state index contributed by atoms with van der Waals surface area (Å²) in [5.74, 6) is -0.989. The summed E-state index contributed by atoms with van der Waals surface area (Å²) in [7, 11) is 0. The summed E-state index contributed by atoms with van der Waals surface area (Å²) in [4.78, 5) is -3.75. The van der Waals surface area contributed by atoms with Crippen molar-refractivity contribution >= 4 is 69.6 Å². The SMILES string of the molecule is N#Cc1ccccc1-n1c(O)c2c(c1O)[C@@]1(Cl)C(Cl)=C(Cl)C2(Cl)C1(Cl)Cl. The van der Waals surface area contributed by atoms with Crippen LogP contribution in [0, 0.1) is 11.3 Å². The first-order valence-corrected chi connectivity index (χ1v) is 9.32. The van der Waals surface area contributed by atoms with Gasteiger partial charge in [0, 0.05) is 0 Å². The fourth-order valence-corrected chi connectivity index (χ4v) is 6.22. The lowest BCUT2D eigenvalue weighted by atomic mass is 10.00. The average Bonchev–Trinajstić information content (AvgIpc) is 2.99. The first-order chi connectivity index (χ1) is 12.1. The van der Waals surface area contributed by atoms with Gasteiger partial charge in [0.25, 0.3) is 0 Å². The molecule has 2 aliphatic rings. The topological polar surface area (TPSA) is 69.2 Å². The Kier molecular flexibility index (Phi) is 3.77. The molecule has 0 spiro atoms. The molecule has 1 unspecified atom stereocenters. The van der Waals surface area contributed by atoms with Gasteiger partial charge in [-0.2, -0.15) is 5.26 Å². The molecule has 26 heavy (non-hydrogen) atoms. The number of hydrogen-bond donors (Lipinski definition) is 2. The number of alkyl halides is 4. The molecule has 1 aromatic heterocycles. The van der Waals surface area contributed by atoms with Gasteiger partial charge < -0.3 is 10.2 Å². The second kappa shape index (κ2) is 5.32. The highest BCUT2D eigenvalue weighted by Crippen LogP contribution is 2.80. The number of aromatic nitrogens is 1. The van der Waals surface area contributed by atoms with Gasteiger partial charge in [-0.1, -0.05) is 58.5 Å². The van der Waals surface area contributed by atoms with Crippen molar-refractivity contribution in [1.29, 1.82) is 5.26 Å². The predicted octanol–water partition coefficient (Wildman–Crippen LogP) is 5.52. The highest BCUT2D eigenvalue weighted by Gasteiger charge is 2.80. The minimum absolute atomic E-state index is 0.0567. The summed E-state index contributed by atoms with van der Waals surface area (Å²) < 4.78 is -0.940. The van der Waals surface area contributed by atoms with E-state index in [9.17, 15) is 15.5 Å². The zero-order valence-corrected chi connectivity index (χ0v) is 16.9. The van der Waals surface area contributed by atoms with Crippen LogP contribution in [0.15, 0.2) is 34.3 Å². The van der Waals surface area contributed by atoms with E-state index in [4.69, 9.17) is 69.6 Å². The van der Waals surface area contributed by atoms with Crippen molar-refractivity contribution < 1.29 is 10.2 Å². The maximum atomic E-state index is 10.9. The van der Waals surface area contributed by atoms with Crippen LogP contribution in [-0.2, 0) is 9.75 Å². The number of hydrogen-bond acceptors (Lipinski definition) is 3. The third-order valence-corrected chi connectivity index (χ3v) is 8.82. The Hall–Kier alpha value is -0.930. The molecule has 0 amide bonds. The van der Waals surface area contributed by atoms with Crippen LogP contribution in [-0.4, -0.2) is 19.1 Å². The number of aromatic hydroxyl groups is 2. The average molecular weight is 471 g/mol. The minimum Gasteiger partial charge on any atom is -0.494 e. The van der Waals surface area contributed by atoms with Gasteiger partial charge in [0.15, 0.2) is 4.33 Å². The van der Waals surface area contributed by atoms with Gasteiger partial charge in [-0.25, -0.2) is 4.57 Å². The molecule has 0 saturated heterocycles. The maximum absolute atomic E-state index is 10.9. The fraction of sp³-hybridized carbons (Fsp3) is 0.188. The zero-order chi connectivity index (χ0) is 19.2. The number of para-hydroxylation sites is 1. The molecule has 0 fully saturated rings. The number of benzene rings is 1. The van der Waals surface area contributed by atoms with Crippen LogP contribution in [0.25, 0.3) is 5.69 Å². The lowest BCUT2D eigenvalue weighted by Crippen LogP contribution is -2.40. The summed E-state index contributed by atoms with van der Waals surface area (Å²) in [5.41, 5.74) is 0.290. The summed E-state index contributed by atoms with van der Waals surface area (Å²) in [6.45, 7) is 0. The van der Waals surface area contributed by atoms with Crippen molar-refractivity contribution in [2.45, 2.75) is 14.1 Å². The highest BCUT2D eigenvalue weighted by atomic mass is 35.5. The molecule has 4 rings (SSSR count). The Balaban J connectivity index is 2.13. The van der Waals surface area contributed by atoms with Crippen LogP contribution >= 0.6 is 69.6 Å². The van der Waals surface area contributed by atoms with Gasteiger partial charge >= 0.3 is 0 Å². The Morgan fingerprint density at radius 2 is 1.35 bits per heavy atom. The van der Waals surface area contributed by atoms with Crippen molar-refractivity contribution in [2.24, 2.45) is 0 Å². The van der Waals surface area contributed by atoms with Gasteiger partial charge in [-0.15, -0.1) is 23.2 Å². The van der Waals surface area contributed by atoms with Crippen molar-refractivity contribution in [3.8, 4) is 23.5 Å². The van der Waals surface area contributed by atoms with Gasteiger partial charge in [0.1, 0.15) is 15.8 Å². The molecule has 0 radical (unpaired) electrons. The van der Waals surface area contributed by atoms with Gasteiger partial charge in [0.05, 0.1) is 32.4 Å². The molecular weight excluding hydrogens is 465 g/mol. The first-order valence-electron chi connectivity index (χ1n) is 7.05. The van der Waals surface area contributed by atoms with Crippen LogP contribution in [0.3, 0.4) is 0 Å². The number of allylic oxidation sites excluding steroid dienone is 2. The second-order valence-corrected chi connectivity index (χ2v) is 9.10. The molecule has 0 aliphatic heterocycles. The molecule has 2 atom stereocenters. The molecular formula is C16H6Cl6N2O2. The third-order valence-electron chi connectivity index (χ3n) is 4.74. The Morgan fingerprint density at radius 1 is 0.885 bits per heavy atom. The standard InChI is InChI=1S/C16H6Cl6N2O2/c17-10-11(18)15(20)9-8(14(10,19)16(15,21)22)12(25)24(13(9)26)7-4-2-1-3-6(7)5-23/h1-4,25-26H/t14-,15?/m1/s1. The minimum atomic E-state index is -1.97. The van der Waals surface area contributed by atoms with E-state index in [1.807, 2.05) is 6.07 Å². The van der Waals surface area contributed by atoms with Crippen LogP contribution in [0.5, 0.6) is 11.8 Å². The Labute approximate surface area is 177 Å². The van der Waals surface area contributed by atoms with Crippen molar-refractivity contribution in [2.75, 3.05) is 0 Å². The van der Waals surface area contributed by atoms with Gasteiger partial charge in [-0.05, 0) is 12.1 Å². The van der Waals surface area contributed by atoms with E-state index in [2.05, 4.69) is 0 Å². The quantitative estimate of drug-likeness (QED) is 0.539. The maximum Gasteiger partial charge on any atom is 0.204 e. The Bertz CT molecular complexity index is 1020. The Morgan fingerprint density at radius 3 is 1.81 bits per heavy atom. The number of fused-ring (bicyclic) bond motifs is 5. The third kappa shape index (κ3) is 1.67. The summed E-state index contributed by atoms with van der Waals surface area (Å²) in [6, 6.07) is 8.30. The summed E-state index contributed by atoms with van der Waals surface area (Å²) >= 11 is 38.6. The normalized spacial score (nSPS) is 28.3. The van der Waals surface area contributed by atoms with E-state index in [-0.39, 0.29) is 32.4 Å². The summed E-state index contributed by atoms with van der Waals surface area (Å²) in [6.07, 6.45) is 0. The van der Waals surface area contributed by atoms with Crippen molar-refractivity contribution in [1.82, 2.24) is 4.57 Å². The lowest BCUT2D eigenvalue weighted by molar-refractivity contribution is 0.390. The van der Waals surface area contributed by atoms with Crippen LogP contribution in [0.1, 0.15) is 16.7 Å². The highest BCUT2D eigenvalue weighted by molar-refractivity contribution is 6.65. The number of nitriles is 1. The van der Waals surface area contributed by atoms with Crippen LogP contribution < -0.4 is 0 Å². The zero-order valence-electron chi connectivity index (χ0n) is 12.4. The van der Waals surface area contributed by atoms with E-state index in [0.717, 1.165) is 4.57 Å². The molecule has 0 saturated carbocycles. The smallest absolute Gasteiger partial charge is 0.204 e. The fourth-order valence-electron chi connectivity index (χ4n) is 3.54. The lowest BCUT2D eigenvalue weighted by Gasteiger charge is -2.32. The molecule has 2 aliphatic carbocycles. The predicted molar refractivity (Wildman–Crippen MR) is 102 cm³/mol. The molecule has 134 valence electrons.